The van der Waals surface area contributed by atoms with Crippen molar-refractivity contribution >= 4 is 46.7 Å². The van der Waals surface area contributed by atoms with E-state index in [-0.39, 0.29) is 35.3 Å². The van der Waals surface area contributed by atoms with Crippen molar-refractivity contribution in [1.29, 1.82) is 0 Å². The van der Waals surface area contributed by atoms with E-state index in [2.05, 4.69) is 49.8 Å². The van der Waals surface area contributed by atoms with Crippen LogP contribution in [0.1, 0.15) is 24.8 Å². The van der Waals surface area contributed by atoms with Gasteiger partial charge in [-0.15, -0.1) is 24.0 Å². The van der Waals surface area contributed by atoms with Crippen molar-refractivity contribution in [1.82, 2.24) is 20.5 Å². The van der Waals surface area contributed by atoms with Crippen LogP contribution in [0.15, 0.2) is 41.5 Å². The fourth-order valence-corrected chi connectivity index (χ4v) is 4.44. The Morgan fingerprint density at radius 3 is 3.00 bits per heavy atom. The lowest BCUT2D eigenvalue weighted by molar-refractivity contribution is -0.119. The summed E-state index contributed by atoms with van der Waals surface area (Å²) in [6.45, 7) is 3.48. The van der Waals surface area contributed by atoms with Crippen molar-refractivity contribution in [3.05, 3.63) is 42.1 Å². The second-order valence-corrected chi connectivity index (χ2v) is 7.69. The Kier molecular flexibility index (Phi) is 6.74. The third-order valence-electron chi connectivity index (χ3n) is 5.76. The van der Waals surface area contributed by atoms with E-state index in [1.807, 2.05) is 19.3 Å². The number of benzene rings is 1. The summed E-state index contributed by atoms with van der Waals surface area (Å²) in [6.07, 6.45) is 5.60. The Morgan fingerprint density at radius 2 is 2.21 bits per heavy atom. The second-order valence-electron chi connectivity index (χ2n) is 7.69. The molecule has 0 aliphatic carbocycles. The number of halogens is 1. The third kappa shape index (κ3) is 4.39. The number of nitrogens with one attached hydrogen (secondary N) is 2. The van der Waals surface area contributed by atoms with Crippen molar-refractivity contribution in [2.75, 3.05) is 33.2 Å². The molecule has 0 radical (unpaired) electrons. The van der Waals surface area contributed by atoms with Gasteiger partial charge in [-0.25, -0.2) is 0 Å². The van der Waals surface area contributed by atoms with Gasteiger partial charge in [-0.05, 0) is 30.9 Å². The maximum absolute atomic E-state index is 11.7. The van der Waals surface area contributed by atoms with Gasteiger partial charge in [0.2, 0.25) is 5.91 Å². The van der Waals surface area contributed by atoms with E-state index in [0.29, 0.717) is 6.42 Å². The van der Waals surface area contributed by atoms with Gasteiger partial charge in [0.05, 0.1) is 5.52 Å². The number of likely N-dealkylation sites (tertiary alicyclic amines) is 1. The van der Waals surface area contributed by atoms with E-state index in [0.717, 1.165) is 56.9 Å². The summed E-state index contributed by atoms with van der Waals surface area (Å²) >= 11 is 0. The molecule has 0 bridgehead atoms. The molecule has 2 aliphatic heterocycles. The number of hydrogen-bond acceptors (Lipinski definition) is 3. The van der Waals surface area contributed by atoms with E-state index >= 15 is 0 Å². The van der Waals surface area contributed by atoms with Gasteiger partial charge in [-0.2, -0.15) is 0 Å². The Bertz CT molecular complexity index is 865. The van der Waals surface area contributed by atoms with E-state index in [4.69, 9.17) is 0 Å². The maximum Gasteiger partial charge on any atom is 0.220 e. The number of rotatable bonds is 3. The number of pyridine rings is 1. The quantitative estimate of drug-likeness (QED) is 0.392. The third-order valence-corrected chi connectivity index (χ3v) is 5.76. The largest absolute Gasteiger partial charge is 0.356 e. The molecular weight excluding hydrogens is 465 g/mol. The predicted octanol–water partition coefficient (Wildman–Crippen LogP) is 2.57. The molecule has 7 heteroatoms. The second kappa shape index (κ2) is 9.07. The average Bonchev–Trinajstić information content (AvgIpc) is 3.05. The van der Waals surface area contributed by atoms with Crippen molar-refractivity contribution in [3.8, 4) is 0 Å². The summed E-state index contributed by atoms with van der Waals surface area (Å²) in [5.41, 5.74) is 2.40. The first-order chi connectivity index (χ1) is 13.2. The fourth-order valence-electron chi connectivity index (χ4n) is 4.44. The zero-order valence-electron chi connectivity index (χ0n) is 16.3. The van der Waals surface area contributed by atoms with Gasteiger partial charge in [-0.3, -0.25) is 14.8 Å². The number of carbonyl (C=O) groups is 1. The first-order valence-corrected chi connectivity index (χ1v) is 9.74. The molecule has 2 fully saturated rings. The summed E-state index contributed by atoms with van der Waals surface area (Å²) in [7, 11) is 1.83. The minimum atomic E-state index is 0. The molecule has 2 aromatic rings. The number of aliphatic imine (C=N–C) groups is 1. The van der Waals surface area contributed by atoms with Crippen molar-refractivity contribution < 1.29 is 4.79 Å². The minimum Gasteiger partial charge on any atom is -0.356 e. The molecule has 2 N–H and O–H groups in total. The molecular formula is C21H28IN5O. The Morgan fingerprint density at radius 1 is 1.36 bits per heavy atom. The first-order valence-electron chi connectivity index (χ1n) is 9.74. The highest BCUT2D eigenvalue weighted by atomic mass is 127. The van der Waals surface area contributed by atoms with E-state index in [9.17, 15) is 4.79 Å². The van der Waals surface area contributed by atoms with Gasteiger partial charge in [-0.1, -0.05) is 24.3 Å². The molecule has 6 nitrogen and oxygen atoms in total. The number of carbonyl (C=O) groups excluding carboxylic acids is 1. The number of hydrogen-bond donors (Lipinski definition) is 2. The van der Waals surface area contributed by atoms with Crippen molar-refractivity contribution in [2.45, 2.75) is 25.7 Å². The number of para-hydroxylation sites is 1. The minimum absolute atomic E-state index is 0. The summed E-state index contributed by atoms with van der Waals surface area (Å²) in [4.78, 5) is 23.1. The van der Waals surface area contributed by atoms with Gasteiger partial charge in [0.1, 0.15) is 0 Å². The zero-order chi connectivity index (χ0) is 18.7. The molecule has 2 saturated heterocycles. The Labute approximate surface area is 183 Å². The zero-order valence-corrected chi connectivity index (χ0v) is 18.6. The highest BCUT2D eigenvalue weighted by Crippen LogP contribution is 2.35. The molecule has 1 aromatic carbocycles. The predicted molar refractivity (Wildman–Crippen MR) is 123 cm³/mol. The van der Waals surface area contributed by atoms with Crippen LogP contribution in [0, 0.1) is 5.41 Å². The van der Waals surface area contributed by atoms with Crippen LogP contribution in [0.2, 0.25) is 0 Å². The molecule has 1 amide bonds. The molecule has 0 saturated carbocycles. The average molecular weight is 493 g/mol. The molecule has 4 rings (SSSR count). The Balaban J connectivity index is 0.00000225. The highest BCUT2D eigenvalue weighted by Gasteiger charge is 2.42. The van der Waals surface area contributed by atoms with Crippen molar-refractivity contribution in [2.24, 2.45) is 10.4 Å². The molecule has 3 heterocycles. The normalized spacial score (nSPS) is 22.2. The number of fused-ring (bicyclic) bond motifs is 1. The van der Waals surface area contributed by atoms with Crippen LogP contribution in [0.25, 0.3) is 10.9 Å². The summed E-state index contributed by atoms with van der Waals surface area (Å²) in [5.74, 6) is 1.12. The van der Waals surface area contributed by atoms with Crippen LogP contribution in [0.3, 0.4) is 0 Å². The van der Waals surface area contributed by atoms with E-state index < -0.39 is 0 Å². The van der Waals surface area contributed by atoms with Crippen LogP contribution in [-0.2, 0) is 11.2 Å². The number of piperidine rings is 1. The van der Waals surface area contributed by atoms with Crippen LogP contribution < -0.4 is 10.6 Å². The van der Waals surface area contributed by atoms with E-state index in [1.165, 1.54) is 10.9 Å². The molecule has 1 unspecified atom stereocenters. The first kappa shape index (κ1) is 20.8. The topological polar surface area (TPSA) is 69.6 Å². The highest BCUT2D eigenvalue weighted by molar-refractivity contribution is 14.0. The number of guanidine groups is 1. The summed E-state index contributed by atoms with van der Waals surface area (Å²) in [6, 6.07) is 10.4. The molecule has 150 valence electrons. The van der Waals surface area contributed by atoms with Crippen LogP contribution in [-0.4, -0.2) is 55.0 Å². The monoisotopic (exact) mass is 493 g/mol. The number of aromatic nitrogens is 1. The lowest BCUT2D eigenvalue weighted by Crippen LogP contribution is -2.51. The van der Waals surface area contributed by atoms with Gasteiger partial charge < -0.3 is 15.5 Å². The molecule has 1 spiro atoms. The van der Waals surface area contributed by atoms with Gasteiger partial charge in [0, 0.05) is 56.6 Å². The van der Waals surface area contributed by atoms with Crippen LogP contribution in [0.4, 0.5) is 0 Å². The van der Waals surface area contributed by atoms with Crippen LogP contribution in [0.5, 0.6) is 0 Å². The Hall–Kier alpha value is -1.90. The number of nitrogens with zero attached hydrogens (tertiary/aromatic N) is 3. The van der Waals surface area contributed by atoms with Crippen molar-refractivity contribution in [3.63, 3.8) is 0 Å². The van der Waals surface area contributed by atoms with Gasteiger partial charge in [0.15, 0.2) is 5.96 Å². The fraction of sp³-hybridized carbons (Fsp3) is 0.476. The standard InChI is InChI=1S/C21H27N5O.HI/c1-22-20(26-12-4-9-21(15-26)13-18(27)25-14-21)24-11-8-17-6-2-5-16-7-3-10-23-19(16)17;/h2-3,5-7,10H,4,8-9,11-15H2,1H3,(H,22,24)(H,25,27);1H. The summed E-state index contributed by atoms with van der Waals surface area (Å²) < 4.78 is 0. The summed E-state index contributed by atoms with van der Waals surface area (Å²) in [5, 5.41) is 7.70. The lowest BCUT2D eigenvalue weighted by Gasteiger charge is -2.40. The van der Waals surface area contributed by atoms with E-state index in [1.54, 1.807) is 0 Å². The smallest absolute Gasteiger partial charge is 0.220 e. The number of amides is 1. The molecule has 1 atom stereocenters. The lowest BCUT2D eigenvalue weighted by atomic mass is 9.79. The van der Waals surface area contributed by atoms with Crippen LogP contribution >= 0.6 is 24.0 Å². The maximum atomic E-state index is 11.7. The SMILES string of the molecule is CN=C(NCCc1cccc2cccnc12)N1CCCC2(CNC(=O)C2)C1.I. The molecule has 28 heavy (non-hydrogen) atoms. The molecule has 1 aromatic heterocycles. The molecule has 2 aliphatic rings. The van der Waals surface area contributed by atoms with Gasteiger partial charge >= 0.3 is 0 Å². The van der Waals surface area contributed by atoms with Gasteiger partial charge in [0.25, 0.3) is 0 Å².